The molecule has 1 aromatic heterocycles. The van der Waals surface area contributed by atoms with E-state index in [0.29, 0.717) is 0 Å². The van der Waals surface area contributed by atoms with Gasteiger partial charge in [0.25, 0.3) is 0 Å². The summed E-state index contributed by atoms with van der Waals surface area (Å²) < 4.78 is 0. The molecule has 0 amide bonds. The first-order valence-corrected chi connectivity index (χ1v) is 6.03. The van der Waals surface area contributed by atoms with Crippen molar-refractivity contribution in [1.82, 2.24) is 0 Å². The highest BCUT2D eigenvalue weighted by atomic mass is 32.1. The second-order valence-electron chi connectivity index (χ2n) is 3.86. The zero-order valence-electron chi connectivity index (χ0n) is 8.81. The largest absolute Gasteiger partial charge is 0.324 e. The average Bonchev–Trinajstić information content (AvgIpc) is 2.70. The Balaban J connectivity index is 2.11. The summed E-state index contributed by atoms with van der Waals surface area (Å²) in [5.74, 6) is 0. The van der Waals surface area contributed by atoms with E-state index in [2.05, 4.69) is 48.0 Å². The molecule has 0 fully saturated rings. The summed E-state index contributed by atoms with van der Waals surface area (Å²) >= 11 is 1.72. The Morgan fingerprint density at radius 3 is 2.87 bits per heavy atom. The SMILES string of the molecule is Cc1cccc(C(N)Cc2ccsc2)c1. The van der Waals surface area contributed by atoms with Crippen LogP contribution in [0.3, 0.4) is 0 Å². The van der Waals surface area contributed by atoms with E-state index in [4.69, 9.17) is 5.73 Å². The van der Waals surface area contributed by atoms with Gasteiger partial charge in [0.2, 0.25) is 0 Å². The Hall–Kier alpha value is -1.12. The predicted octanol–water partition coefficient (Wildman–Crippen LogP) is 3.30. The standard InChI is InChI=1S/C13H15NS/c1-10-3-2-4-12(7-10)13(14)8-11-5-6-15-9-11/h2-7,9,13H,8,14H2,1H3. The highest BCUT2D eigenvalue weighted by molar-refractivity contribution is 7.07. The van der Waals surface area contributed by atoms with E-state index in [9.17, 15) is 0 Å². The number of benzene rings is 1. The summed E-state index contributed by atoms with van der Waals surface area (Å²) in [6.45, 7) is 2.10. The molecule has 0 aliphatic carbocycles. The van der Waals surface area contributed by atoms with Crippen LogP contribution in [0.4, 0.5) is 0 Å². The molecule has 0 saturated carbocycles. The maximum atomic E-state index is 6.16. The fourth-order valence-corrected chi connectivity index (χ4v) is 2.36. The molecule has 15 heavy (non-hydrogen) atoms. The third kappa shape index (κ3) is 2.67. The number of rotatable bonds is 3. The summed E-state index contributed by atoms with van der Waals surface area (Å²) in [6, 6.07) is 10.7. The minimum atomic E-state index is 0.111. The van der Waals surface area contributed by atoms with Gasteiger partial charge in [-0.05, 0) is 41.3 Å². The fourth-order valence-electron chi connectivity index (χ4n) is 1.68. The zero-order chi connectivity index (χ0) is 10.7. The van der Waals surface area contributed by atoms with Crippen LogP contribution in [0.1, 0.15) is 22.7 Å². The van der Waals surface area contributed by atoms with Crippen LogP contribution in [-0.2, 0) is 6.42 Å². The lowest BCUT2D eigenvalue weighted by atomic mass is 10.00. The lowest BCUT2D eigenvalue weighted by molar-refractivity contribution is 0.723. The van der Waals surface area contributed by atoms with Gasteiger partial charge in [-0.15, -0.1) is 0 Å². The van der Waals surface area contributed by atoms with Gasteiger partial charge in [0.1, 0.15) is 0 Å². The molecule has 1 aromatic carbocycles. The van der Waals surface area contributed by atoms with Crippen LogP contribution >= 0.6 is 11.3 Å². The van der Waals surface area contributed by atoms with Crippen LogP contribution in [-0.4, -0.2) is 0 Å². The molecule has 2 heteroatoms. The van der Waals surface area contributed by atoms with Crippen LogP contribution < -0.4 is 5.73 Å². The Morgan fingerprint density at radius 2 is 2.20 bits per heavy atom. The van der Waals surface area contributed by atoms with Crippen LogP contribution in [0.25, 0.3) is 0 Å². The summed E-state index contributed by atoms with van der Waals surface area (Å²) in [5, 5.41) is 4.26. The van der Waals surface area contributed by atoms with Crippen LogP contribution in [0.15, 0.2) is 41.1 Å². The molecule has 1 nitrogen and oxygen atoms in total. The van der Waals surface area contributed by atoms with Crippen LogP contribution in [0.2, 0.25) is 0 Å². The normalized spacial score (nSPS) is 12.7. The van der Waals surface area contributed by atoms with Crippen LogP contribution in [0.5, 0.6) is 0 Å². The topological polar surface area (TPSA) is 26.0 Å². The van der Waals surface area contributed by atoms with E-state index in [1.54, 1.807) is 11.3 Å². The van der Waals surface area contributed by atoms with Gasteiger partial charge >= 0.3 is 0 Å². The lowest BCUT2D eigenvalue weighted by Gasteiger charge is -2.11. The molecule has 0 aliphatic rings. The van der Waals surface area contributed by atoms with E-state index < -0.39 is 0 Å². The lowest BCUT2D eigenvalue weighted by Crippen LogP contribution is -2.12. The van der Waals surface area contributed by atoms with Crippen LogP contribution in [0, 0.1) is 6.92 Å². The van der Waals surface area contributed by atoms with Gasteiger partial charge in [-0.2, -0.15) is 11.3 Å². The summed E-state index contributed by atoms with van der Waals surface area (Å²) in [7, 11) is 0. The molecule has 1 heterocycles. The van der Waals surface area contributed by atoms with Crippen molar-refractivity contribution in [2.75, 3.05) is 0 Å². The van der Waals surface area contributed by atoms with E-state index in [-0.39, 0.29) is 6.04 Å². The maximum absolute atomic E-state index is 6.16. The third-order valence-electron chi connectivity index (χ3n) is 2.51. The molecule has 0 spiro atoms. The van der Waals surface area contributed by atoms with Gasteiger partial charge in [0, 0.05) is 6.04 Å². The number of nitrogens with two attached hydrogens (primary N) is 1. The monoisotopic (exact) mass is 217 g/mol. The highest BCUT2D eigenvalue weighted by Gasteiger charge is 2.06. The van der Waals surface area contributed by atoms with E-state index in [1.165, 1.54) is 16.7 Å². The summed E-state index contributed by atoms with van der Waals surface area (Å²) in [4.78, 5) is 0. The van der Waals surface area contributed by atoms with Crippen molar-refractivity contribution in [3.05, 3.63) is 57.8 Å². The molecule has 1 atom stereocenters. The van der Waals surface area contributed by atoms with Crippen molar-refractivity contribution >= 4 is 11.3 Å². The van der Waals surface area contributed by atoms with E-state index >= 15 is 0 Å². The maximum Gasteiger partial charge on any atom is 0.0336 e. The van der Waals surface area contributed by atoms with Crippen molar-refractivity contribution in [3.63, 3.8) is 0 Å². The zero-order valence-corrected chi connectivity index (χ0v) is 9.63. The molecular weight excluding hydrogens is 202 g/mol. The Labute approximate surface area is 94.6 Å². The molecule has 2 N–H and O–H groups in total. The first-order chi connectivity index (χ1) is 7.25. The first-order valence-electron chi connectivity index (χ1n) is 5.09. The molecule has 78 valence electrons. The van der Waals surface area contributed by atoms with Crippen molar-refractivity contribution in [1.29, 1.82) is 0 Å². The molecule has 2 rings (SSSR count). The summed E-state index contributed by atoms with van der Waals surface area (Å²) in [5.41, 5.74) is 9.98. The van der Waals surface area contributed by atoms with E-state index in [1.807, 2.05) is 0 Å². The number of aryl methyl sites for hydroxylation is 1. The van der Waals surface area contributed by atoms with E-state index in [0.717, 1.165) is 6.42 Å². The van der Waals surface area contributed by atoms with Crippen molar-refractivity contribution in [2.45, 2.75) is 19.4 Å². The van der Waals surface area contributed by atoms with Gasteiger partial charge in [-0.1, -0.05) is 29.8 Å². The number of hydrogen-bond acceptors (Lipinski definition) is 2. The Morgan fingerprint density at radius 1 is 1.33 bits per heavy atom. The second kappa shape index (κ2) is 4.60. The molecule has 0 aliphatic heterocycles. The predicted molar refractivity (Wildman–Crippen MR) is 66.1 cm³/mol. The molecule has 2 aromatic rings. The number of thiophene rings is 1. The van der Waals surface area contributed by atoms with Crippen molar-refractivity contribution < 1.29 is 0 Å². The Kier molecular flexibility index (Phi) is 3.19. The minimum Gasteiger partial charge on any atom is -0.324 e. The molecule has 0 bridgehead atoms. The van der Waals surface area contributed by atoms with Gasteiger partial charge in [0.05, 0.1) is 0 Å². The molecule has 0 saturated heterocycles. The smallest absolute Gasteiger partial charge is 0.0336 e. The minimum absolute atomic E-state index is 0.111. The average molecular weight is 217 g/mol. The first kappa shape index (κ1) is 10.4. The second-order valence-corrected chi connectivity index (χ2v) is 4.64. The third-order valence-corrected chi connectivity index (χ3v) is 3.24. The molecule has 0 radical (unpaired) electrons. The van der Waals surface area contributed by atoms with Crippen molar-refractivity contribution in [2.24, 2.45) is 5.73 Å². The molecular formula is C13H15NS. The van der Waals surface area contributed by atoms with Gasteiger partial charge in [-0.3, -0.25) is 0 Å². The highest BCUT2D eigenvalue weighted by Crippen LogP contribution is 2.18. The summed E-state index contributed by atoms with van der Waals surface area (Å²) in [6.07, 6.45) is 0.924. The van der Waals surface area contributed by atoms with Gasteiger partial charge < -0.3 is 5.73 Å². The molecule has 1 unspecified atom stereocenters. The Bertz CT molecular complexity index is 420. The fraction of sp³-hybridized carbons (Fsp3) is 0.231. The quantitative estimate of drug-likeness (QED) is 0.838. The van der Waals surface area contributed by atoms with Crippen molar-refractivity contribution in [3.8, 4) is 0 Å². The number of hydrogen-bond donors (Lipinski definition) is 1. The van der Waals surface area contributed by atoms with Gasteiger partial charge in [0.15, 0.2) is 0 Å². The van der Waals surface area contributed by atoms with Gasteiger partial charge in [-0.25, -0.2) is 0 Å².